The molecule has 0 N–H and O–H groups in total. The van der Waals surface area contributed by atoms with E-state index >= 15 is 0 Å². The van der Waals surface area contributed by atoms with Gasteiger partial charge in [-0.05, 0) is 37.1 Å². The van der Waals surface area contributed by atoms with Crippen LogP contribution in [0.15, 0.2) is 24.4 Å². The minimum atomic E-state index is -0.232. The molecule has 1 aliphatic rings. The third-order valence-corrected chi connectivity index (χ3v) is 4.23. The molecule has 0 spiro atoms. The fraction of sp³-hybridized carbons (Fsp3) is 0.471. The first-order valence-electron chi connectivity index (χ1n) is 7.78. The predicted octanol–water partition coefficient (Wildman–Crippen LogP) is 3.88. The van der Waals surface area contributed by atoms with Crippen LogP contribution in [-0.4, -0.2) is 35.3 Å². The number of ether oxygens (including phenoxy) is 1. The molecule has 0 saturated carbocycles. The van der Waals surface area contributed by atoms with Crippen molar-refractivity contribution < 1.29 is 13.9 Å². The van der Waals surface area contributed by atoms with Gasteiger partial charge in [0.25, 0.3) is 0 Å². The minimum absolute atomic E-state index is 0.219. The van der Waals surface area contributed by atoms with E-state index in [1.54, 1.807) is 17.0 Å². The Morgan fingerprint density at radius 2 is 2.18 bits per heavy atom. The maximum absolute atomic E-state index is 13.4. The molecular weight excluding hydrogens is 283 g/mol. The van der Waals surface area contributed by atoms with Gasteiger partial charge >= 0.3 is 6.09 Å². The zero-order valence-corrected chi connectivity index (χ0v) is 13.0. The van der Waals surface area contributed by atoms with Gasteiger partial charge in [-0.2, -0.15) is 0 Å². The molecule has 4 nitrogen and oxygen atoms in total. The lowest BCUT2D eigenvalue weighted by molar-refractivity contribution is 0.0574. The van der Waals surface area contributed by atoms with Gasteiger partial charge in [-0.25, -0.2) is 9.18 Å². The predicted molar refractivity (Wildman–Crippen MR) is 83.5 cm³/mol. The summed E-state index contributed by atoms with van der Waals surface area (Å²) >= 11 is 0. The Hall–Kier alpha value is -2.04. The third kappa shape index (κ3) is 2.67. The first-order chi connectivity index (χ1) is 10.6. The Bertz CT molecular complexity index is 689. The topological polar surface area (TPSA) is 34.5 Å². The number of hydrogen-bond acceptors (Lipinski definition) is 2. The number of aromatic nitrogens is 1. The van der Waals surface area contributed by atoms with Crippen LogP contribution in [0.25, 0.3) is 10.9 Å². The van der Waals surface area contributed by atoms with Crippen LogP contribution >= 0.6 is 0 Å². The number of rotatable bonds is 4. The van der Waals surface area contributed by atoms with Gasteiger partial charge in [0.2, 0.25) is 0 Å². The maximum Gasteiger partial charge on any atom is 0.409 e. The summed E-state index contributed by atoms with van der Waals surface area (Å²) in [6.07, 6.45) is 3.72. The molecule has 0 aliphatic carbocycles. The van der Waals surface area contributed by atoms with Crippen LogP contribution in [0.2, 0.25) is 0 Å². The molecule has 1 amide bonds. The van der Waals surface area contributed by atoms with Gasteiger partial charge in [-0.15, -0.1) is 0 Å². The Morgan fingerprint density at radius 3 is 2.91 bits per heavy atom. The van der Waals surface area contributed by atoms with Crippen LogP contribution in [0.4, 0.5) is 9.18 Å². The minimum Gasteiger partial charge on any atom is -0.449 e. The third-order valence-electron chi connectivity index (χ3n) is 4.23. The fourth-order valence-electron chi connectivity index (χ4n) is 2.87. The van der Waals surface area contributed by atoms with E-state index in [2.05, 4.69) is 11.5 Å². The highest BCUT2D eigenvalue weighted by atomic mass is 19.1. The number of amides is 1. The number of benzene rings is 1. The van der Waals surface area contributed by atoms with Crippen molar-refractivity contribution in [2.24, 2.45) is 0 Å². The smallest absolute Gasteiger partial charge is 0.409 e. The molecule has 2 aromatic rings. The van der Waals surface area contributed by atoms with Crippen molar-refractivity contribution in [2.75, 3.05) is 19.7 Å². The van der Waals surface area contributed by atoms with Crippen LogP contribution in [0.5, 0.6) is 0 Å². The lowest BCUT2D eigenvalue weighted by atomic mass is 10.1. The van der Waals surface area contributed by atoms with E-state index in [1.807, 2.05) is 13.1 Å². The van der Waals surface area contributed by atoms with Gasteiger partial charge in [-0.3, -0.25) is 0 Å². The molecule has 22 heavy (non-hydrogen) atoms. The Balaban J connectivity index is 1.67. The Labute approximate surface area is 129 Å². The number of aryl methyl sites for hydroxylation is 1. The van der Waals surface area contributed by atoms with Crippen LogP contribution in [0.1, 0.15) is 31.4 Å². The van der Waals surface area contributed by atoms with Gasteiger partial charge in [0.05, 0.1) is 12.6 Å². The van der Waals surface area contributed by atoms with Crippen LogP contribution in [0.3, 0.4) is 0 Å². The summed E-state index contributed by atoms with van der Waals surface area (Å²) in [5.74, 6) is -0.219. The molecule has 0 bridgehead atoms. The van der Waals surface area contributed by atoms with Crippen molar-refractivity contribution in [2.45, 2.75) is 32.7 Å². The Morgan fingerprint density at radius 1 is 1.41 bits per heavy atom. The van der Waals surface area contributed by atoms with E-state index in [-0.39, 0.29) is 18.0 Å². The van der Waals surface area contributed by atoms with Crippen molar-refractivity contribution >= 4 is 17.0 Å². The summed E-state index contributed by atoms with van der Waals surface area (Å²) in [5, 5.41) is 0.934. The molecule has 1 aromatic heterocycles. The lowest BCUT2D eigenvalue weighted by Gasteiger charge is -2.39. The monoisotopic (exact) mass is 304 g/mol. The van der Waals surface area contributed by atoms with Crippen molar-refractivity contribution in [1.82, 2.24) is 9.47 Å². The number of fused-ring (bicyclic) bond motifs is 1. The average molecular weight is 304 g/mol. The second kappa shape index (κ2) is 5.99. The highest BCUT2D eigenvalue weighted by Gasteiger charge is 2.33. The van der Waals surface area contributed by atoms with Crippen LogP contribution in [0, 0.1) is 12.7 Å². The number of halogens is 1. The molecule has 2 heterocycles. The Kier molecular flexibility index (Phi) is 4.05. The molecular formula is C17H21FN2O2. The van der Waals surface area contributed by atoms with Crippen molar-refractivity contribution in [3.8, 4) is 0 Å². The maximum atomic E-state index is 13.4. The van der Waals surface area contributed by atoms with Gasteiger partial charge in [-0.1, -0.05) is 13.3 Å². The molecule has 1 aromatic carbocycles. The fourth-order valence-corrected chi connectivity index (χ4v) is 2.87. The molecule has 118 valence electrons. The van der Waals surface area contributed by atoms with E-state index in [0.29, 0.717) is 19.7 Å². The SMILES string of the molecule is CCCCOC(=O)N1CC(n2cc(C)c3cc(F)ccc32)C1. The summed E-state index contributed by atoms with van der Waals surface area (Å²) in [7, 11) is 0. The molecule has 1 saturated heterocycles. The highest BCUT2D eigenvalue weighted by molar-refractivity contribution is 5.84. The summed E-state index contributed by atoms with van der Waals surface area (Å²) in [6, 6.07) is 5.09. The molecule has 5 heteroatoms. The molecule has 1 fully saturated rings. The van der Waals surface area contributed by atoms with Crippen molar-refractivity contribution in [1.29, 1.82) is 0 Å². The molecule has 0 radical (unpaired) electrons. The van der Waals surface area contributed by atoms with Crippen molar-refractivity contribution in [3.63, 3.8) is 0 Å². The second-order valence-corrected chi connectivity index (χ2v) is 5.91. The molecule has 1 aliphatic heterocycles. The van der Waals surface area contributed by atoms with Crippen LogP contribution < -0.4 is 0 Å². The standard InChI is InChI=1S/C17H21FN2O2/c1-3-4-7-22-17(21)19-10-14(11-19)20-9-12(2)15-8-13(18)5-6-16(15)20/h5-6,8-9,14H,3-4,7,10-11H2,1-2H3. The summed E-state index contributed by atoms with van der Waals surface area (Å²) in [6.45, 7) is 5.82. The first kappa shape index (κ1) is 14.9. The highest BCUT2D eigenvalue weighted by Crippen LogP contribution is 2.30. The van der Waals surface area contributed by atoms with Gasteiger partial charge in [0.1, 0.15) is 5.82 Å². The molecule has 0 unspecified atom stereocenters. The van der Waals surface area contributed by atoms with E-state index < -0.39 is 0 Å². The van der Waals surface area contributed by atoms with E-state index in [1.165, 1.54) is 6.07 Å². The average Bonchev–Trinajstić information content (AvgIpc) is 2.74. The first-order valence-corrected chi connectivity index (χ1v) is 7.78. The summed E-state index contributed by atoms with van der Waals surface area (Å²) in [4.78, 5) is 13.5. The largest absolute Gasteiger partial charge is 0.449 e. The molecule has 0 atom stereocenters. The van der Waals surface area contributed by atoms with Gasteiger partial charge in [0.15, 0.2) is 0 Å². The number of likely N-dealkylation sites (tertiary alicyclic amines) is 1. The summed E-state index contributed by atoms with van der Waals surface area (Å²) in [5.41, 5.74) is 2.07. The zero-order valence-electron chi connectivity index (χ0n) is 13.0. The van der Waals surface area contributed by atoms with Gasteiger partial charge in [0, 0.05) is 30.2 Å². The second-order valence-electron chi connectivity index (χ2n) is 5.91. The van der Waals surface area contributed by atoms with Gasteiger partial charge < -0.3 is 14.2 Å². The number of carbonyl (C=O) groups excluding carboxylic acids is 1. The quantitative estimate of drug-likeness (QED) is 0.803. The number of nitrogens with zero attached hydrogens (tertiary/aromatic N) is 2. The van der Waals surface area contributed by atoms with Crippen LogP contribution in [-0.2, 0) is 4.74 Å². The summed E-state index contributed by atoms with van der Waals surface area (Å²) < 4.78 is 20.7. The lowest BCUT2D eigenvalue weighted by Crippen LogP contribution is -2.50. The van der Waals surface area contributed by atoms with E-state index in [0.717, 1.165) is 29.3 Å². The molecule has 3 rings (SSSR count). The van der Waals surface area contributed by atoms with Crippen molar-refractivity contribution in [3.05, 3.63) is 35.8 Å². The van der Waals surface area contributed by atoms with E-state index in [9.17, 15) is 9.18 Å². The number of carbonyl (C=O) groups is 1. The zero-order chi connectivity index (χ0) is 15.7. The van der Waals surface area contributed by atoms with E-state index in [4.69, 9.17) is 4.74 Å². The number of unbranched alkanes of at least 4 members (excludes halogenated alkanes) is 1. The number of hydrogen-bond donors (Lipinski definition) is 0. The normalized spacial score (nSPS) is 15.1.